The fourth-order valence-electron chi connectivity index (χ4n) is 2.72. The normalized spacial score (nSPS) is 18.7. The van der Waals surface area contributed by atoms with Gasteiger partial charge in [-0.15, -0.1) is 0 Å². The summed E-state index contributed by atoms with van der Waals surface area (Å²) in [5, 5.41) is 4.98. The molecule has 1 aromatic carbocycles. The van der Waals surface area contributed by atoms with Crippen LogP contribution >= 0.6 is 11.6 Å². The molecule has 1 N–H and O–H groups in total. The van der Waals surface area contributed by atoms with E-state index < -0.39 is 0 Å². The molecule has 0 saturated heterocycles. The van der Waals surface area contributed by atoms with Crippen molar-refractivity contribution in [1.82, 2.24) is 5.43 Å². The van der Waals surface area contributed by atoms with E-state index in [1.807, 2.05) is 39.8 Å². The zero-order chi connectivity index (χ0) is 18.6. The molecule has 1 aromatic rings. The molecule has 0 aliphatic heterocycles. The van der Waals surface area contributed by atoms with Crippen LogP contribution in [-0.2, 0) is 4.79 Å². The average Bonchev–Trinajstić information content (AvgIpc) is 2.56. The third kappa shape index (κ3) is 5.20. The highest BCUT2D eigenvalue weighted by molar-refractivity contribution is 6.32. The number of carbonyl (C=O) groups excluding carboxylic acids is 1. The van der Waals surface area contributed by atoms with Gasteiger partial charge in [0.05, 0.1) is 5.71 Å². The van der Waals surface area contributed by atoms with Crippen molar-refractivity contribution in [2.24, 2.45) is 11.0 Å². The summed E-state index contributed by atoms with van der Waals surface area (Å²) in [5.74, 6) is 0.719. The van der Waals surface area contributed by atoms with E-state index in [4.69, 9.17) is 16.3 Å². The first-order chi connectivity index (χ1) is 11.8. The molecular weight excluding hydrogens is 336 g/mol. The van der Waals surface area contributed by atoms with Gasteiger partial charge in [0.1, 0.15) is 5.75 Å². The molecule has 0 spiro atoms. The summed E-state index contributed by atoms with van der Waals surface area (Å²) in [6.07, 6.45) is 3.92. The van der Waals surface area contributed by atoms with Crippen LogP contribution in [0.1, 0.15) is 37.8 Å². The highest BCUT2D eigenvalue weighted by atomic mass is 35.5. The summed E-state index contributed by atoms with van der Waals surface area (Å²) in [4.78, 5) is 12.0. The van der Waals surface area contributed by atoms with Crippen LogP contribution in [-0.4, -0.2) is 18.2 Å². The fourth-order valence-corrected chi connectivity index (χ4v) is 2.83. The minimum atomic E-state index is -0.289. The molecule has 0 saturated carbocycles. The van der Waals surface area contributed by atoms with E-state index in [0.717, 1.165) is 45.8 Å². The number of hydrogen-bond acceptors (Lipinski definition) is 3. The Morgan fingerprint density at radius 1 is 1.36 bits per heavy atom. The molecule has 0 bridgehead atoms. The Morgan fingerprint density at radius 2 is 2.00 bits per heavy atom. The molecule has 0 heterocycles. The number of nitrogens with zero attached hydrogens (tertiary/aromatic N) is 1. The molecule has 1 aliphatic rings. The zero-order valence-electron chi connectivity index (χ0n) is 15.3. The Morgan fingerprint density at radius 3 is 2.60 bits per heavy atom. The van der Waals surface area contributed by atoms with Gasteiger partial charge in [-0.25, -0.2) is 5.43 Å². The van der Waals surface area contributed by atoms with E-state index in [-0.39, 0.29) is 12.5 Å². The first-order valence-electron chi connectivity index (χ1n) is 8.35. The molecule has 1 atom stereocenters. The van der Waals surface area contributed by atoms with Crippen LogP contribution in [0.15, 0.2) is 41.0 Å². The van der Waals surface area contributed by atoms with Crippen molar-refractivity contribution >= 4 is 23.2 Å². The smallest absolute Gasteiger partial charge is 0.277 e. The molecule has 5 heteroatoms. The van der Waals surface area contributed by atoms with Crippen molar-refractivity contribution in [3.05, 3.63) is 52.1 Å². The molecule has 0 fully saturated rings. The summed E-state index contributed by atoms with van der Waals surface area (Å²) in [5.41, 5.74) is 7.56. The van der Waals surface area contributed by atoms with Crippen LogP contribution in [0.25, 0.3) is 0 Å². The minimum Gasteiger partial charge on any atom is -0.484 e. The van der Waals surface area contributed by atoms with Crippen molar-refractivity contribution in [2.75, 3.05) is 6.61 Å². The van der Waals surface area contributed by atoms with Crippen molar-refractivity contribution < 1.29 is 9.53 Å². The number of aryl methyl sites for hydroxylation is 2. The van der Waals surface area contributed by atoms with Crippen LogP contribution in [0.5, 0.6) is 5.75 Å². The quantitative estimate of drug-likeness (QED) is 0.609. The van der Waals surface area contributed by atoms with Gasteiger partial charge in [-0.05, 0) is 75.3 Å². The summed E-state index contributed by atoms with van der Waals surface area (Å²) < 4.78 is 5.54. The highest BCUT2D eigenvalue weighted by Gasteiger charge is 2.18. The number of halogens is 1. The lowest BCUT2D eigenvalue weighted by Crippen LogP contribution is -2.27. The Bertz CT molecular complexity index is 727. The number of allylic oxidation sites excluding steroid dienone is 3. The lowest BCUT2D eigenvalue weighted by Gasteiger charge is -2.22. The second-order valence-corrected chi connectivity index (χ2v) is 7.00. The monoisotopic (exact) mass is 360 g/mol. The zero-order valence-corrected chi connectivity index (χ0v) is 16.0. The van der Waals surface area contributed by atoms with Gasteiger partial charge in [0.2, 0.25) is 0 Å². The summed E-state index contributed by atoms with van der Waals surface area (Å²) >= 11 is 6.13. The largest absolute Gasteiger partial charge is 0.484 e. The lowest BCUT2D eigenvalue weighted by molar-refractivity contribution is -0.123. The Hall–Kier alpha value is -2.07. The van der Waals surface area contributed by atoms with Gasteiger partial charge in [0.15, 0.2) is 6.61 Å². The van der Waals surface area contributed by atoms with E-state index in [1.54, 1.807) is 0 Å². The van der Waals surface area contributed by atoms with Gasteiger partial charge in [-0.1, -0.05) is 29.8 Å². The molecular formula is C20H25ClN2O2. The van der Waals surface area contributed by atoms with Gasteiger partial charge in [-0.3, -0.25) is 4.79 Å². The van der Waals surface area contributed by atoms with E-state index >= 15 is 0 Å². The number of amides is 1. The summed E-state index contributed by atoms with van der Waals surface area (Å²) in [6.45, 7) is 11.8. The van der Waals surface area contributed by atoms with Gasteiger partial charge < -0.3 is 4.74 Å². The lowest BCUT2D eigenvalue weighted by atomic mass is 9.85. The number of hydrogen-bond donors (Lipinski definition) is 1. The van der Waals surface area contributed by atoms with Gasteiger partial charge >= 0.3 is 0 Å². The van der Waals surface area contributed by atoms with Gasteiger partial charge in [-0.2, -0.15) is 5.10 Å². The van der Waals surface area contributed by atoms with E-state index in [9.17, 15) is 4.79 Å². The average molecular weight is 361 g/mol. The first-order valence-corrected chi connectivity index (χ1v) is 8.73. The number of hydrazone groups is 1. The third-order valence-electron chi connectivity index (χ3n) is 4.40. The Balaban J connectivity index is 1.93. The van der Waals surface area contributed by atoms with Gasteiger partial charge in [0.25, 0.3) is 5.91 Å². The maximum absolute atomic E-state index is 12.0. The third-order valence-corrected chi connectivity index (χ3v) is 4.99. The van der Waals surface area contributed by atoms with Crippen LogP contribution < -0.4 is 10.2 Å². The predicted molar refractivity (Wildman–Crippen MR) is 103 cm³/mol. The number of benzene rings is 1. The predicted octanol–water partition coefficient (Wildman–Crippen LogP) is 4.74. The number of carbonyl (C=O) groups is 1. The van der Waals surface area contributed by atoms with Crippen molar-refractivity contribution in [1.29, 1.82) is 0 Å². The second-order valence-electron chi connectivity index (χ2n) is 6.62. The number of ether oxygens (including phenoxy) is 1. The molecule has 2 rings (SSSR count). The van der Waals surface area contributed by atoms with Crippen LogP contribution in [0, 0.1) is 19.8 Å². The maximum Gasteiger partial charge on any atom is 0.277 e. The molecule has 0 aromatic heterocycles. The van der Waals surface area contributed by atoms with E-state index in [0.29, 0.717) is 11.7 Å². The molecule has 1 aliphatic carbocycles. The molecule has 0 radical (unpaired) electrons. The number of rotatable bonds is 5. The summed E-state index contributed by atoms with van der Waals surface area (Å²) in [6, 6.07) is 3.64. The Kier molecular flexibility index (Phi) is 6.43. The van der Waals surface area contributed by atoms with E-state index in [1.165, 1.54) is 0 Å². The molecule has 134 valence electrons. The maximum atomic E-state index is 12.0. The SMILES string of the molecule is C=C(C)C1CC=C(C)/C(=N\NC(=O)COc2cc(C)c(Cl)c(C)c2)C1. The van der Waals surface area contributed by atoms with Crippen LogP contribution in [0.3, 0.4) is 0 Å². The second kappa shape index (κ2) is 8.34. The standard InChI is InChI=1S/C20H25ClN2O2/c1-12(2)16-7-6-13(3)18(10-16)22-23-19(24)11-25-17-8-14(4)20(21)15(5)9-17/h6,8-9,16H,1,7,10-11H2,2-5H3,(H,23,24)/b22-18-. The van der Waals surface area contributed by atoms with Crippen molar-refractivity contribution in [3.63, 3.8) is 0 Å². The Labute approximate surface area is 154 Å². The topological polar surface area (TPSA) is 50.7 Å². The molecule has 4 nitrogen and oxygen atoms in total. The van der Waals surface area contributed by atoms with Gasteiger partial charge in [0, 0.05) is 5.02 Å². The minimum absolute atomic E-state index is 0.0933. The van der Waals surface area contributed by atoms with E-state index in [2.05, 4.69) is 23.2 Å². The van der Waals surface area contributed by atoms with Crippen LogP contribution in [0.2, 0.25) is 5.02 Å². The van der Waals surface area contributed by atoms with Crippen LogP contribution in [0.4, 0.5) is 0 Å². The fraction of sp³-hybridized carbons (Fsp3) is 0.400. The molecule has 25 heavy (non-hydrogen) atoms. The number of nitrogens with one attached hydrogen (secondary N) is 1. The highest BCUT2D eigenvalue weighted by Crippen LogP contribution is 2.27. The molecule has 1 unspecified atom stereocenters. The first kappa shape index (κ1) is 19.3. The summed E-state index contributed by atoms with van der Waals surface area (Å²) in [7, 11) is 0. The van der Waals surface area contributed by atoms with Crippen molar-refractivity contribution in [2.45, 2.75) is 40.5 Å². The van der Waals surface area contributed by atoms with Crippen molar-refractivity contribution in [3.8, 4) is 5.75 Å². The molecule has 1 amide bonds.